The standard InChI is InChI=1S/C18H31N5O7/c1-10(2)6-11(16(27)20-8-14(25)21-12(9-24)18(29)30)22-17(28)13-4-3-5-23(13)15(26)7-19/h10-13,24H,3-9,19H2,1-2H3,(H,20,27)(H,21,25)(H,22,28)(H,29,30)/t11-,12-,13-/m0/s1. The first-order valence-corrected chi connectivity index (χ1v) is 9.81. The molecule has 0 unspecified atom stereocenters. The van der Waals surface area contributed by atoms with Crippen molar-refractivity contribution >= 4 is 29.6 Å². The van der Waals surface area contributed by atoms with Gasteiger partial charge in [0.1, 0.15) is 18.1 Å². The molecule has 1 aliphatic rings. The predicted octanol–water partition coefficient (Wildman–Crippen LogP) is -2.86. The van der Waals surface area contributed by atoms with Crippen molar-refractivity contribution in [2.45, 2.75) is 51.2 Å². The number of aliphatic carboxylic acids is 1. The van der Waals surface area contributed by atoms with E-state index in [0.29, 0.717) is 25.8 Å². The van der Waals surface area contributed by atoms with E-state index in [2.05, 4.69) is 16.0 Å². The lowest BCUT2D eigenvalue weighted by molar-refractivity contribution is -0.142. The molecule has 30 heavy (non-hydrogen) atoms. The number of nitrogens with zero attached hydrogens (tertiary/aromatic N) is 1. The summed E-state index contributed by atoms with van der Waals surface area (Å²) in [6.07, 6.45) is 1.42. The number of hydrogen-bond donors (Lipinski definition) is 6. The Balaban J connectivity index is 2.70. The van der Waals surface area contributed by atoms with E-state index >= 15 is 0 Å². The van der Waals surface area contributed by atoms with Gasteiger partial charge in [0.05, 0.1) is 19.7 Å². The van der Waals surface area contributed by atoms with Crippen LogP contribution >= 0.6 is 0 Å². The Kier molecular flexibility index (Phi) is 10.2. The Morgan fingerprint density at radius 2 is 1.80 bits per heavy atom. The zero-order chi connectivity index (χ0) is 22.8. The largest absolute Gasteiger partial charge is 0.480 e. The highest BCUT2D eigenvalue weighted by molar-refractivity contribution is 5.94. The summed E-state index contributed by atoms with van der Waals surface area (Å²) in [5.74, 6) is -3.58. The van der Waals surface area contributed by atoms with Gasteiger partial charge in [0.2, 0.25) is 23.6 Å². The van der Waals surface area contributed by atoms with Gasteiger partial charge in [-0.3, -0.25) is 19.2 Å². The fourth-order valence-electron chi connectivity index (χ4n) is 3.15. The van der Waals surface area contributed by atoms with E-state index in [1.165, 1.54) is 4.90 Å². The highest BCUT2D eigenvalue weighted by Crippen LogP contribution is 2.18. The Bertz CT molecular complexity index is 655. The molecule has 0 aromatic rings. The lowest BCUT2D eigenvalue weighted by Crippen LogP contribution is -2.55. The normalized spacial score (nSPS) is 17.9. The van der Waals surface area contributed by atoms with Crippen LogP contribution in [0.2, 0.25) is 0 Å². The van der Waals surface area contributed by atoms with Crippen LogP contribution < -0.4 is 21.7 Å². The molecule has 1 aliphatic heterocycles. The molecule has 3 atom stereocenters. The third-order valence-corrected chi connectivity index (χ3v) is 4.63. The molecule has 12 heteroatoms. The number of carboxylic acids is 1. The fourth-order valence-corrected chi connectivity index (χ4v) is 3.15. The van der Waals surface area contributed by atoms with E-state index in [-0.39, 0.29) is 18.4 Å². The van der Waals surface area contributed by atoms with Crippen LogP contribution in [0.4, 0.5) is 0 Å². The number of hydrogen-bond acceptors (Lipinski definition) is 7. The summed E-state index contributed by atoms with van der Waals surface area (Å²) in [6.45, 7) is 2.62. The number of aliphatic hydroxyl groups is 1. The molecule has 0 aromatic heterocycles. The molecule has 0 saturated carbocycles. The van der Waals surface area contributed by atoms with Gasteiger partial charge in [-0.15, -0.1) is 0 Å². The molecule has 0 aromatic carbocycles. The van der Waals surface area contributed by atoms with Gasteiger partial charge >= 0.3 is 5.97 Å². The fraction of sp³-hybridized carbons (Fsp3) is 0.722. The maximum absolute atomic E-state index is 12.7. The second-order valence-corrected chi connectivity index (χ2v) is 7.50. The summed E-state index contributed by atoms with van der Waals surface area (Å²) in [5.41, 5.74) is 5.38. The van der Waals surface area contributed by atoms with E-state index < -0.39 is 55.0 Å². The van der Waals surface area contributed by atoms with Crippen LogP contribution in [-0.4, -0.2) is 89.1 Å². The molecule has 1 fully saturated rings. The van der Waals surface area contributed by atoms with Crippen molar-refractivity contribution in [2.24, 2.45) is 11.7 Å². The lowest BCUT2D eigenvalue weighted by atomic mass is 10.0. The SMILES string of the molecule is CC(C)C[C@H](NC(=O)[C@@H]1CCCN1C(=O)CN)C(=O)NCC(=O)N[C@@H](CO)C(=O)O. The maximum Gasteiger partial charge on any atom is 0.328 e. The van der Waals surface area contributed by atoms with Gasteiger partial charge in [-0.05, 0) is 25.2 Å². The van der Waals surface area contributed by atoms with Crippen LogP contribution in [0.1, 0.15) is 33.1 Å². The highest BCUT2D eigenvalue weighted by Gasteiger charge is 2.35. The van der Waals surface area contributed by atoms with Gasteiger partial charge in [0.15, 0.2) is 0 Å². The van der Waals surface area contributed by atoms with Gasteiger partial charge in [-0.2, -0.15) is 0 Å². The second-order valence-electron chi connectivity index (χ2n) is 7.50. The van der Waals surface area contributed by atoms with E-state index in [0.717, 1.165) is 0 Å². The van der Waals surface area contributed by atoms with Gasteiger partial charge in [0, 0.05) is 6.54 Å². The smallest absolute Gasteiger partial charge is 0.328 e. The first kappa shape index (κ1) is 25.3. The molecule has 4 amide bonds. The van der Waals surface area contributed by atoms with Crippen molar-refractivity contribution in [3.8, 4) is 0 Å². The molecule has 7 N–H and O–H groups in total. The summed E-state index contributed by atoms with van der Waals surface area (Å²) in [5, 5.41) is 24.8. The minimum atomic E-state index is -1.48. The molecule has 0 radical (unpaired) electrons. The Hall–Kier alpha value is -2.73. The monoisotopic (exact) mass is 429 g/mol. The van der Waals surface area contributed by atoms with E-state index in [1.54, 1.807) is 0 Å². The quantitative estimate of drug-likeness (QED) is 0.202. The lowest BCUT2D eigenvalue weighted by Gasteiger charge is -2.26. The Morgan fingerprint density at radius 3 is 2.33 bits per heavy atom. The number of carboxylic acid groups (broad SMARTS) is 1. The van der Waals surface area contributed by atoms with Crippen molar-refractivity contribution in [3.63, 3.8) is 0 Å². The minimum Gasteiger partial charge on any atom is -0.480 e. The van der Waals surface area contributed by atoms with Crippen LogP contribution in [-0.2, 0) is 24.0 Å². The minimum absolute atomic E-state index is 0.0472. The molecular formula is C18H31N5O7. The molecule has 170 valence electrons. The average molecular weight is 429 g/mol. The van der Waals surface area contributed by atoms with Gasteiger partial charge in [-0.25, -0.2) is 4.79 Å². The molecule has 1 rings (SSSR count). The van der Waals surface area contributed by atoms with Crippen LogP contribution in [0.3, 0.4) is 0 Å². The zero-order valence-corrected chi connectivity index (χ0v) is 17.2. The van der Waals surface area contributed by atoms with Gasteiger partial charge in [0.25, 0.3) is 0 Å². The topological polar surface area (TPSA) is 191 Å². The Morgan fingerprint density at radius 1 is 1.13 bits per heavy atom. The number of nitrogens with one attached hydrogen (secondary N) is 3. The number of amides is 4. The molecule has 0 aliphatic carbocycles. The van der Waals surface area contributed by atoms with Crippen molar-refractivity contribution in [1.29, 1.82) is 0 Å². The van der Waals surface area contributed by atoms with Crippen molar-refractivity contribution in [2.75, 3.05) is 26.2 Å². The second kappa shape index (κ2) is 12.1. The molecule has 1 heterocycles. The zero-order valence-electron chi connectivity index (χ0n) is 17.2. The number of rotatable bonds is 11. The van der Waals surface area contributed by atoms with Crippen LogP contribution in [0.25, 0.3) is 0 Å². The number of likely N-dealkylation sites (tertiary alicyclic amines) is 1. The first-order chi connectivity index (χ1) is 14.1. The van der Waals surface area contributed by atoms with Crippen LogP contribution in [0.15, 0.2) is 0 Å². The van der Waals surface area contributed by atoms with E-state index in [1.807, 2.05) is 13.8 Å². The number of carbonyl (C=O) groups excluding carboxylic acids is 4. The molecule has 0 spiro atoms. The van der Waals surface area contributed by atoms with Crippen molar-refractivity contribution in [1.82, 2.24) is 20.9 Å². The maximum atomic E-state index is 12.7. The van der Waals surface area contributed by atoms with E-state index in [9.17, 15) is 24.0 Å². The van der Waals surface area contributed by atoms with Gasteiger partial charge < -0.3 is 36.8 Å². The van der Waals surface area contributed by atoms with Gasteiger partial charge in [-0.1, -0.05) is 13.8 Å². The third kappa shape index (κ3) is 7.59. The summed E-state index contributed by atoms with van der Waals surface area (Å²) in [4.78, 5) is 61.1. The van der Waals surface area contributed by atoms with Crippen molar-refractivity contribution < 1.29 is 34.2 Å². The summed E-state index contributed by atoms with van der Waals surface area (Å²) >= 11 is 0. The third-order valence-electron chi connectivity index (χ3n) is 4.63. The highest BCUT2D eigenvalue weighted by atomic mass is 16.4. The molecular weight excluding hydrogens is 398 g/mol. The first-order valence-electron chi connectivity index (χ1n) is 9.81. The number of aliphatic hydroxyl groups excluding tert-OH is 1. The van der Waals surface area contributed by atoms with E-state index in [4.69, 9.17) is 15.9 Å². The number of nitrogens with two attached hydrogens (primary N) is 1. The van der Waals surface area contributed by atoms with Crippen molar-refractivity contribution in [3.05, 3.63) is 0 Å². The average Bonchev–Trinajstić information content (AvgIpc) is 3.18. The Labute approximate surface area is 174 Å². The molecule has 1 saturated heterocycles. The summed E-state index contributed by atoms with van der Waals surface area (Å²) in [7, 11) is 0. The molecule has 0 bridgehead atoms. The predicted molar refractivity (Wildman–Crippen MR) is 105 cm³/mol. The summed E-state index contributed by atoms with van der Waals surface area (Å²) in [6, 6.07) is -3.12. The van der Waals surface area contributed by atoms with Crippen LogP contribution in [0.5, 0.6) is 0 Å². The number of carbonyl (C=O) groups is 5. The molecule has 12 nitrogen and oxygen atoms in total. The summed E-state index contributed by atoms with van der Waals surface area (Å²) < 4.78 is 0. The van der Waals surface area contributed by atoms with Crippen LogP contribution in [0, 0.1) is 5.92 Å².